The number of amides is 1. The van der Waals surface area contributed by atoms with Gasteiger partial charge in [0.15, 0.2) is 11.6 Å². The first-order valence-electron chi connectivity index (χ1n) is 8.12. The van der Waals surface area contributed by atoms with Crippen molar-refractivity contribution in [3.05, 3.63) is 58.9 Å². The molecule has 0 aromatic heterocycles. The van der Waals surface area contributed by atoms with E-state index >= 15 is 0 Å². The third-order valence-corrected chi connectivity index (χ3v) is 4.41. The van der Waals surface area contributed by atoms with Gasteiger partial charge in [-0.1, -0.05) is 13.0 Å². The molecule has 2 aromatic rings. The molecular weight excluding hydrogens is 381 g/mol. The molecule has 146 valence electrons. The number of carbonyl (C=O) groups excluding carboxylic acids is 1. The molecule has 0 aliphatic heterocycles. The van der Waals surface area contributed by atoms with Crippen molar-refractivity contribution in [2.45, 2.75) is 12.7 Å². The molecule has 0 heterocycles. The summed E-state index contributed by atoms with van der Waals surface area (Å²) in [6.07, 6.45) is 0. The van der Waals surface area contributed by atoms with Crippen molar-refractivity contribution in [3.8, 4) is 0 Å². The number of rotatable bonds is 9. The number of benzene rings is 2. The number of hydrogen-bond donors (Lipinski definition) is 3. The molecule has 9 heteroatoms. The van der Waals surface area contributed by atoms with Gasteiger partial charge in [0.05, 0.1) is 30.2 Å². The molecule has 0 bridgehead atoms. The van der Waals surface area contributed by atoms with E-state index in [-0.39, 0.29) is 24.5 Å². The predicted molar refractivity (Wildman–Crippen MR) is 98.4 cm³/mol. The zero-order valence-electron chi connectivity index (χ0n) is 14.5. The first kappa shape index (κ1) is 21.1. The standard InChI is InChI=1S/C18H19F3N2O3S/c1-2-27-10-11-3-6-15(14(20)9-11)22-17-12(4-5-13(19)16(17)21)18(25)23-26-8-7-24/h3-6,9,22,24H,2,7-8,10H2,1H3,(H,23,25). The molecule has 0 saturated heterocycles. The zero-order valence-corrected chi connectivity index (χ0v) is 15.3. The van der Waals surface area contributed by atoms with Crippen molar-refractivity contribution in [2.24, 2.45) is 0 Å². The van der Waals surface area contributed by atoms with Gasteiger partial charge >= 0.3 is 0 Å². The van der Waals surface area contributed by atoms with Crippen LogP contribution in [0.2, 0.25) is 0 Å². The summed E-state index contributed by atoms with van der Waals surface area (Å²) >= 11 is 1.62. The molecule has 0 atom stereocenters. The van der Waals surface area contributed by atoms with E-state index in [1.807, 2.05) is 12.4 Å². The Morgan fingerprint density at radius 3 is 2.63 bits per heavy atom. The highest BCUT2D eigenvalue weighted by Crippen LogP contribution is 2.29. The molecule has 2 rings (SSSR count). The first-order chi connectivity index (χ1) is 13.0. The van der Waals surface area contributed by atoms with E-state index in [2.05, 4.69) is 10.2 Å². The quantitative estimate of drug-likeness (QED) is 0.442. The lowest BCUT2D eigenvalue weighted by Gasteiger charge is -2.14. The molecule has 5 nitrogen and oxygen atoms in total. The summed E-state index contributed by atoms with van der Waals surface area (Å²) in [6.45, 7) is 1.47. The average Bonchev–Trinajstić information content (AvgIpc) is 2.65. The molecule has 0 aliphatic rings. The molecule has 0 spiro atoms. The van der Waals surface area contributed by atoms with Crippen LogP contribution in [0.1, 0.15) is 22.8 Å². The minimum Gasteiger partial charge on any atom is -0.394 e. The fourth-order valence-corrected chi connectivity index (χ4v) is 2.80. The van der Waals surface area contributed by atoms with E-state index in [1.165, 1.54) is 12.1 Å². The normalized spacial score (nSPS) is 10.7. The Labute approximate surface area is 158 Å². The van der Waals surface area contributed by atoms with Gasteiger partial charge < -0.3 is 10.4 Å². The van der Waals surface area contributed by atoms with Crippen LogP contribution < -0.4 is 10.8 Å². The number of halogens is 3. The van der Waals surface area contributed by atoms with Crippen LogP contribution in [0.15, 0.2) is 30.3 Å². The van der Waals surface area contributed by atoms with E-state index < -0.39 is 29.0 Å². The molecule has 0 radical (unpaired) electrons. The molecule has 0 unspecified atom stereocenters. The number of hydrogen-bond acceptors (Lipinski definition) is 5. The maximum atomic E-state index is 14.3. The van der Waals surface area contributed by atoms with Crippen molar-refractivity contribution in [2.75, 3.05) is 24.3 Å². The van der Waals surface area contributed by atoms with Gasteiger partial charge in [-0.25, -0.2) is 18.7 Å². The van der Waals surface area contributed by atoms with E-state index in [9.17, 15) is 18.0 Å². The summed E-state index contributed by atoms with van der Waals surface area (Å²) in [7, 11) is 0. The van der Waals surface area contributed by atoms with Crippen molar-refractivity contribution in [1.29, 1.82) is 0 Å². The van der Waals surface area contributed by atoms with E-state index in [1.54, 1.807) is 17.8 Å². The van der Waals surface area contributed by atoms with Gasteiger partial charge in [0.1, 0.15) is 5.82 Å². The highest BCUT2D eigenvalue weighted by molar-refractivity contribution is 7.98. The number of carbonyl (C=O) groups is 1. The van der Waals surface area contributed by atoms with Crippen molar-refractivity contribution in [1.82, 2.24) is 5.48 Å². The third kappa shape index (κ3) is 5.62. The van der Waals surface area contributed by atoms with Gasteiger partial charge in [-0.15, -0.1) is 0 Å². The second-order valence-electron chi connectivity index (χ2n) is 5.36. The lowest BCUT2D eigenvalue weighted by Crippen LogP contribution is -2.26. The summed E-state index contributed by atoms with van der Waals surface area (Å²) in [5.74, 6) is -2.54. The molecule has 1 amide bonds. The fourth-order valence-electron chi connectivity index (χ4n) is 2.18. The predicted octanol–water partition coefficient (Wildman–Crippen LogP) is 3.75. The Morgan fingerprint density at radius 2 is 1.96 bits per heavy atom. The average molecular weight is 400 g/mol. The van der Waals surface area contributed by atoms with E-state index in [4.69, 9.17) is 5.11 Å². The van der Waals surface area contributed by atoms with Crippen LogP contribution >= 0.6 is 11.8 Å². The van der Waals surface area contributed by atoms with Gasteiger partial charge in [0.2, 0.25) is 0 Å². The summed E-state index contributed by atoms with van der Waals surface area (Å²) < 4.78 is 42.2. The van der Waals surface area contributed by atoms with Crippen LogP contribution in [0.4, 0.5) is 24.5 Å². The van der Waals surface area contributed by atoms with Crippen LogP contribution in [0.3, 0.4) is 0 Å². The Kier molecular flexibility index (Phi) is 7.96. The molecule has 0 aliphatic carbocycles. The monoisotopic (exact) mass is 400 g/mol. The van der Waals surface area contributed by atoms with Gasteiger partial charge in [0, 0.05) is 5.75 Å². The highest BCUT2D eigenvalue weighted by atomic mass is 32.2. The van der Waals surface area contributed by atoms with Crippen LogP contribution in [0.5, 0.6) is 0 Å². The van der Waals surface area contributed by atoms with Gasteiger partial charge in [-0.05, 0) is 35.6 Å². The third-order valence-electron chi connectivity index (χ3n) is 3.46. The zero-order chi connectivity index (χ0) is 19.8. The Bertz CT molecular complexity index is 806. The summed E-state index contributed by atoms with van der Waals surface area (Å²) in [5, 5.41) is 11.1. The number of hydroxylamine groups is 1. The van der Waals surface area contributed by atoms with Gasteiger partial charge in [-0.2, -0.15) is 11.8 Å². The van der Waals surface area contributed by atoms with Crippen LogP contribution in [-0.4, -0.2) is 30.0 Å². The number of thioether (sulfide) groups is 1. The van der Waals surface area contributed by atoms with E-state index in [0.717, 1.165) is 23.4 Å². The summed E-state index contributed by atoms with van der Waals surface area (Å²) in [4.78, 5) is 16.8. The Hall–Kier alpha value is -2.23. The minimum absolute atomic E-state index is 0.102. The number of anilines is 2. The number of nitrogens with one attached hydrogen (secondary N) is 2. The molecule has 0 saturated carbocycles. The van der Waals surface area contributed by atoms with Gasteiger partial charge in [0.25, 0.3) is 5.91 Å². The maximum Gasteiger partial charge on any atom is 0.277 e. The van der Waals surface area contributed by atoms with Crippen LogP contribution in [0.25, 0.3) is 0 Å². The van der Waals surface area contributed by atoms with Crippen molar-refractivity contribution < 1.29 is 27.9 Å². The highest BCUT2D eigenvalue weighted by Gasteiger charge is 2.20. The lowest BCUT2D eigenvalue weighted by molar-refractivity contribution is 0.0168. The smallest absolute Gasteiger partial charge is 0.277 e. The second kappa shape index (κ2) is 10.2. The van der Waals surface area contributed by atoms with Crippen molar-refractivity contribution >= 4 is 29.0 Å². The summed E-state index contributed by atoms with van der Waals surface area (Å²) in [6, 6.07) is 6.18. The number of aliphatic hydroxyl groups is 1. The largest absolute Gasteiger partial charge is 0.394 e. The topological polar surface area (TPSA) is 70.6 Å². The molecule has 3 N–H and O–H groups in total. The lowest BCUT2D eigenvalue weighted by atomic mass is 10.1. The van der Waals surface area contributed by atoms with E-state index in [0.29, 0.717) is 5.75 Å². The fraction of sp³-hybridized carbons (Fsp3) is 0.278. The maximum absolute atomic E-state index is 14.3. The molecule has 27 heavy (non-hydrogen) atoms. The Morgan fingerprint density at radius 1 is 1.19 bits per heavy atom. The molecule has 2 aromatic carbocycles. The van der Waals surface area contributed by atoms with Crippen LogP contribution in [-0.2, 0) is 10.6 Å². The number of aliphatic hydroxyl groups excluding tert-OH is 1. The Balaban J connectivity index is 2.29. The molecular formula is C18H19F3N2O3S. The SMILES string of the molecule is CCSCc1ccc(Nc2c(C(=O)NOCCO)ccc(F)c2F)c(F)c1. The van der Waals surface area contributed by atoms with Crippen molar-refractivity contribution in [3.63, 3.8) is 0 Å². The van der Waals surface area contributed by atoms with Gasteiger partial charge in [-0.3, -0.25) is 9.63 Å². The summed E-state index contributed by atoms with van der Waals surface area (Å²) in [5.41, 5.74) is 1.84. The second-order valence-corrected chi connectivity index (χ2v) is 6.64. The van der Waals surface area contributed by atoms with Crippen LogP contribution in [0, 0.1) is 17.5 Å². The first-order valence-corrected chi connectivity index (χ1v) is 9.27. The minimum atomic E-state index is -1.32. The molecule has 0 fully saturated rings.